The van der Waals surface area contributed by atoms with Crippen molar-refractivity contribution in [1.82, 2.24) is 0 Å². The highest BCUT2D eigenvalue weighted by molar-refractivity contribution is 9.10. The molecule has 1 aliphatic rings. The first-order chi connectivity index (χ1) is 10.5. The molecule has 116 valence electrons. The van der Waals surface area contributed by atoms with Gasteiger partial charge in [0.05, 0.1) is 16.4 Å². The molecule has 1 aliphatic heterocycles. The standard InChI is InChI=1S/C16H15BrO4S/c1-11-3-2-4-14(7-11)22(18,19)16-6-5-12(8-15(16)17)20-9-13-10-21-13/h2-8,13H,9-10H2,1H3. The highest BCUT2D eigenvalue weighted by atomic mass is 79.9. The predicted octanol–water partition coefficient (Wildman–Crippen LogP) is 3.37. The Balaban J connectivity index is 1.89. The largest absolute Gasteiger partial charge is 0.491 e. The lowest BCUT2D eigenvalue weighted by molar-refractivity contribution is 0.263. The van der Waals surface area contributed by atoms with Gasteiger partial charge in [-0.15, -0.1) is 0 Å². The first kappa shape index (κ1) is 15.5. The summed E-state index contributed by atoms with van der Waals surface area (Å²) in [6, 6.07) is 11.8. The number of rotatable bonds is 5. The van der Waals surface area contributed by atoms with Crippen molar-refractivity contribution < 1.29 is 17.9 Å². The fourth-order valence-electron chi connectivity index (χ4n) is 2.05. The molecular formula is C16H15BrO4S. The fourth-order valence-corrected chi connectivity index (χ4v) is 4.46. The molecule has 2 aromatic rings. The lowest BCUT2D eigenvalue weighted by Gasteiger charge is -2.10. The Morgan fingerprint density at radius 1 is 1.27 bits per heavy atom. The highest BCUT2D eigenvalue weighted by Gasteiger charge is 2.24. The van der Waals surface area contributed by atoms with Crippen LogP contribution in [0.5, 0.6) is 5.75 Å². The second kappa shape index (κ2) is 6.02. The predicted molar refractivity (Wildman–Crippen MR) is 86.0 cm³/mol. The third kappa shape index (κ3) is 3.34. The molecule has 0 aliphatic carbocycles. The van der Waals surface area contributed by atoms with Gasteiger partial charge in [-0.25, -0.2) is 8.42 Å². The van der Waals surface area contributed by atoms with E-state index >= 15 is 0 Å². The SMILES string of the molecule is Cc1cccc(S(=O)(=O)c2ccc(OCC3CO3)cc2Br)c1. The summed E-state index contributed by atoms with van der Waals surface area (Å²) in [7, 11) is -3.55. The van der Waals surface area contributed by atoms with Crippen molar-refractivity contribution in [3.63, 3.8) is 0 Å². The van der Waals surface area contributed by atoms with Gasteiger partial charge in [-0.05, 0) is 58.7 Å². The minimum atomic E-state index is -3.55. The van der Waals surface area contributed by atoms with Crippen LogP contribution in [0.15, 0.2) is 56.7 Å². The van der Waals surface area contributed by atoms with Crippen LogP contribution in [0.3, 0.4) is 0 Å². The zero-order chi connectivity index (χ0) is 15.7. The molecule has 0 saturated carbocycles. The van der Waals surface area contributed by atoms with E-state index in [0.29, 0.717) is 16.8 Å². The summed E-state index contributed by atoms with van der Waals surface area (Å²) >= 11 is 3.33. The normalized spacial score (nSPS) is 17.3. The molecule has 1 atom stereocenters. The lowest BCUT2D eigenvalue weighted by Crippen LogP contribution is -2.06. The van der Waals surface area contributed by atoms with E-state index in [4.69, 9.17) is 9.47 Å². The first-order valence-electron chi connectivity index (χ1n) is 6.82. The summed E-state index contributed by atoms with van der Waals surface area (Å²) < 4.78 is 36.5. The van der Waals surface area contributed by atoms with Crippen LogP contribution in [0.2, 0.25) is 0 Å². The molecule has 0 bridgehead atoms. The van der Waals surface area contributed by atoms with Gasteiger partial charge in [-0.1, -0.05) is 12.1 Å². The zero-order valence-electron chi connectivity index (χ0n) is 12.0. The summed E-state index contributed by atoms with van der Waals surface area (Å²) in [5.41, 5.74) is 0.904. The number of benzene rings is 2. The lowest BCUT2D eigenvalue weighted by atomic mass is 10.2. The maximum atomic E-state index is 12.7. The number of ether oxygens (including phenoxy) is 2. The van der Waals surface area contributed by atoms with Gasteiger partial charge in [0.25, 0.3) is 0 Å². The number of halogens is 1. The summed E-state index contributed by atoms with van der Waals surface area (Å²) in [6.07, 6.45) is 0.162. The fraction of sp³-hybridized carbons (Fsp3) is 0.250. The van der Waals surface area contributed by atoms with E-state index in [1.807, 2.05) is 13.0 Å². The highest BCUT2D eigenvalue weighted by Crippen LogP contribution is 2.31. The topological polar surface area (TPSA) is 55.9 Å². The van der Waals surface area contributed by atoms with Gasteiger partial charge in [0.2, 0.25) is 9.84 Å². The van der Waals surface area contributed by atoms with E-state index in [1.165, 1.54) is 0 Å². The van der Waals surface area contributed by atoms with Gasteiger partial charge >= 0.3 is 0 Å². The molecule has 0 radical (unpaired) electrons. The molecule has 6 heteroatoms. The Morgan fingerprint density at radius 3 is 2.68 bits per heavy atom. The van der Waals surface area contributed by atoms with Crippen LogP contribution in [0, 0.1) is 6.92 Å². The monoisotopic (exact) mass is 382 g/mol. The summed E-state index contributed by atoms with van der Waals surface area (Å²) in [5.74, 6) is 0.616. The Bertz CT molecular complexity index is 798. The van der Waals surface area contributed by atoms with Crippen molar-refractivity contribution in [3.8, 4) is 5.75 Å². The van der Waals surface area contributed by atoms with Gasteiger partial charge < -0.3 is 9.47 Å². The van der Waals surface area contributed by atoms with E-state index in [9.17, 15) is 8.42 Å². The van der Waals surface area contributed by atoms with Crippen molar-refractivity contribution in [3.05, 3.63) is 52.5 Å². The van der Waals surface area contributed by atoms with Crippen molar-refractivity contribution >= 4 is 25.8 Å². The third-order valence-electron chi connectivity index (χ3n) is 3.33. The second-order valence-electron chi connectivity index (χ2n) is 5.18. The van der Waals surface area contributed by atoms with E-state index in [0.717, 1.165) is 12.2 Å². The van der Waals surface area contributed by atoms with E-state index in [1.54, 1.807) is 36.4 Å². The third-order valence-corrected chi connectivity index (χ3v) is 6.06. The van der Waals surface area contributed by atoms with E-state index < -0.39 is 9.84 Å². The Kier molecular flexibility index (Phi) is 4.25. The molecule has 1 heterocycles. The smallest absolute Gasteiger partial charge is 0.207 e. The van der Waals surface area contributed by atoms with Gasteiger partial charge in [-0.3, -0.25) is 0 Å². The molecule has 3 rings (SSSR count). The van der Waals surface area contributed by atoms with Gasteiger partial charge in [-0.2, -0.15) is 0 Å². The molecular weight excluding hydrogens is 368 g/mol. The van der Waals surface area contributed by atoms with Crippen molar-refractivity contribution in [2.45, 2.75) is 22.8 Å². The second-order valence-corrected chi connectivity index (χ2v) is 7.95. The molecule has 0 amide bonds. The number of aryl methyl sites for hydroxylation is 1. The van der Waals surface area contributed by atoms with Crippen LogP contribution >= 0.6 is 15.9 Å². The van der Waals surface area contributed by atoms with E-state index in [2.05, 4.69) is 15.9 Å². The quantitative estimate of drug-likeness (QED) is 0.743. The van der Waals surface area contributed by atoms with Crippen LogP contribution in [-0.2, 0) is 14.6 Å². The summed E-state index contributed by atoms with van der Waals surface area (Å²) in [6.45, 7) is 3.07. The van der Waals surface area contributed by atoms with Gasteiger partial charge in [0.1, 0.15) is 18.5 Å². The molecule has 4 nitrogen and oxygen atoms in total. The van der Waals surface area contributed by atoms with Crippen LogP contribution in [-0.4, -0.2) is 27.7 Å². The maximum absolute atomic E-state index is 12.7. The minimum Gasteiger partial charge on any atom is -0.491 e. The van der Waals surface area contributed by atoms with Crippen LogP contribution in [0.1, 0.15) is 5.56 Å². The summed E-state index contributed by atoms with van der Waals surface area (Å²) in [5, 5.41) is 0. The molecule has 1 fully saturated rings. The number of sulfone groups is 1. The molecule has 1 unspecified atom stereocenters. The number of epoxide rings is 1. The number of hydrogen-bond donors (Lipinski definition) is 0. The van der Waals surface area contributed by atoms with Crippen LogP contribution in [0.4, 0.5) is 0 Å². The molecule has 0 N–H and O–H groups in total. The van der Waals surface area contributed by atoms with Gasteiger partial charge in [0, 0.05) is 4.47 Å². The Morgan fingerprint density at radius 2 is 2.05 bits per heavy atom. The molecule has 0 spiro atoms. The Labute approximate surface area is 138 Å². The minimum absolute atomic E-state index is 0.162. The van der Waals surface area contributed by atoms with Crippen LogP contribution < -0.4 is 4.74 Å². The average molecular weight is 383 g/mol. The first-order valence-corrected chi connectivity index (χ1v) is 9.10. The Hall–Kier alpha value is -1.37. The van der Waals surface area contributed by atoms with E-state index in [-0.39, 0.29) is 15.9 Å². The van der Waals surface area contributed by atoms with Crippen molar-refractivity contribution in [2.24, 2.45) is 0 Å². The van der Waals surface area contributed by atoms with Gasteiger partial charge in [0.15, 0.2) is 0 Å². The maximum Gasteiger partial charge on any atom is 0.207 e. The van der Waals surface area contributed by atoms with Crippen LogP contribution in [0.25, 0.3) is 0 Å². The zero-order valence-corrected chi connectivity index (χ0v) is 14.4. The molecule has 2 aromatic carbocycles. The van der Waals surface area contributed by atoms with Crippen molar-refractivity contribution in [2.75, 3.05) is 13.2 Å². The molecule has 0 aromatic heterocycles. The summed E-state index contributed by atoms with van der Waals surface area (Å²) in [4.78, 5) is 0.515. The molecule has 22 heavy (non-hydrogen) atoms. The average Bonchev–Trinajstić information content (AvgIpc) is 3.29. The molecule has 1 saturated heterocycles. The number of hydrogen-bond acceptors (Lipinski definition) is 4. The van der Waals surface area contributed by atoms with Crippen molar-refractivity contribution in [1.29, 1.82) is 0 Å².